The lowest BCUT2D eigenvalue weighted by Gasteiger charge is -2.29. The van der Waals surface area contributed by atoms with E-state index in [0.29, 0.717) is 12.1 Å². The van der Waals surface area contributed by atoms with Gasteiger partial charge in [0.2, 0.25) is 0 Å². The van der Waals surface area contributed by atoms with Crippen LogP contribution in [0.1, 0.15) is 19.8 Å². The quantitative estimate of drug-likeness (QED) is 0.889. The summed E-state index contributed by atoms with van der Waals surface area (Å²) in [7, 11) is 0. The normalized spacial score (nSPS) is 26.3. The first-order valence-corrected chi connectivity index (χ1v) is 6.17. The Hall–Kier alpha value is -0.540. The number of hydrogen-bond donors (Lipinski definition) is 1. The van der Waals surface area contributed by atoms with E-state index in [-0.39, 0.29) is 0 Å². The Kier molecular flexibility index (Phi) is 3.65. The zero-order valence-electron chi connectivity index (χ0n) is 8.87. The van der Waals surface area contributed by atoms with Crippen molar-refractivity contribution in [3.63, 3.8) is 0 Å². The van der Waals surface area contributed by atoms with E-state index in [4.69, 9.17) is 4.74 Å². The molecule has 1 aliphatic heterocycles. The highest BCUT2D eigenvalue weighted by Crippen LogP contribution is 2.25. The number of anilines is 1. The van der Waals surface area contributed by atoms with Gasteiger partial charge in [-0.2, -0.15) is 0 Å². The summed E-state index contributed by atoms with van der Waals surface area (Å²) in [4.78, 5) is 0. The molecular formula is C12H16BrNO. The average Bonchev–Trinajstić information content (AvgIpc) is 2.22. The van der Waals surface area contributed by atoms with Gasteiger partial charge in [-0.15, -0.1) is 0 Å². The molecule has 1 heterocycles. The summed E-state index contributed by atoms with van der Waals surface area (Å²) in [5, 5.41) is 3.55. The minimum absolute atomic E-state index is 0.374. The lowest BCUT2D eigenvalue weighted by molar-refractivity contribution is 0.0232. The van der Waals surface area contributed by atoms with Gasteiger partial charge in [0, 0.05) is 22.8 Å². The SMILES string of the molecule is CC1CC(Nc2ccccc2Br)CCO1. The fourth-order valence-corrected chi connectivity index (χ4v) is 2.33. The standard InChI is InChI=1S/C12H16BrNO/c1-9-8-10(6-7-15-9)14-12-5-3-2-4-11(12)13/h2-5,9-10,14H,6-8H2,1H3. The smallest absolute Gasteiger partial charge is 0.0566 e. The average molecular weight is 270 g/mol. The van der Waals surface area contributed by atoms with Crippen molar-refractivity contribution in [1.29, 1.82) is 0 Å². The molecule has 0 saturated carbocycles. The molecule has 3 heteroatoms. The van der Waals surface area contributed by atoms with Crippen LogP contribution in [0.5, 0.6) is 0 Å². The van der Waals surface area contributed by atoms with Crippen LogP contribution >= 0.6 is 15.9 Å². The van der Waals surface area contributed by atoms with Gasteiger partial charge in [-0.3, -0.25) is 0 Å². The third-order valence-electron chi connectivity index (χ3n) is 2.72. The zero-order valence-corrected chi connectivity index (χ0v) is 10.5. The maximum absolute atomic E-state index is 5.52. The number of hydrogen-bond acceptors (Lipinski definition) is 2. The maximum Gasteiger partial charge on any atom is 0.0566 e. The van der Waals surface area contributed by atoms with E-state index in [1.807, 2.05) is 6.07 Å². The van der Waals surface area contributed by atoms with Crippen molar-refractivity contribution in [3.8, 4) is 0 Å². The van der Waals surface area contributed by atoms with E-state index < -0.39 is 0 Å². The van der Waals surface area contributed by atoms with Crippen molar-refractivity contribution in [2.24, 2.45) is 0 Å². The van der Waals surface area contributed by atoms with E-state index in [9.17, 15) is 0 Å². The molecule has 0 amide bonds. The molecule has 0 spiro atoms. The van der Waals surface area contributed by atoms with E-state index >= 15 is 0 Å². The molecule has 2 atom stereocenters. The zero-order chi connectivity index (χ0) is 10.7. The second-order valence-electron chi connectivity index (χ2n) is 4.03. The molecular weight excluding hydrogens is 254 g/mol. The molecule has 0 aromatic heterocycles. The maximum atomic E-state index is 5.52. The minimum Gasteiger partial charge on any atom is -0.381 e. The number of ether oxygens (including phenoxy) is 1. The number of benzene rings is 1. The summed E-state index contributed by atoms with van der Waals surface area (Å²) >= 11 is 3.54. The van der Waals surface area contributed by atoms with Crippen molar-refractivity contribution >= 4 is 21.6 Å². The summed E-state index contributed by atoms with van der Waals surface area (Å²) in [5.41, 5.74) is 1.18. The third-order valence-corrected chi connectivity index (χ3v) is 3.41. The van der Waals surface area contributed by atoms with Crippen LogP contribution < -0.4 is 5.32 Å². The molecule has 0 aliphatic carbocycles. The van der Waals surface area contributed by atoms with Gasteiger partial charge >= 0.3 is 0 Å². The first-order valence-electron chi connectivity index (χ1n) is 5.38. The van der Waals surface area contributed by atoms with Crippen LogP contribution in [0.15, 0.2) is 28.7 Å². The molecule has 0 bridgehead atoms. The number of nitrogens with one attached hydrogen (secondary N) is 1. The van der Waals surface area contributed by atoms with Gasteiger partial charge in [-0.25, -0.2) is 0 Å². The summed E-state index contributed by atoms with van der Waals surface area (Å²) in [6.45, 7) is 3.00. The largest absolute Gasteiger partial charge is 0.381 e. The van der Waals surface area contributed by atoms with E-state index in [1.54, 1.807) is 0 Å². The van der Waals surface area contributed by atoms with Gasteiger partial charge in [0.05, 0.1) is 6.10 Å². The first kappa shape index (κ1) is 11.0. The van der Waals surface area contributed by atoms with Crippen LogP contribution in [0.3, 0.4) is 0 Å². The topological polar surface area (TPSA) is 21.3 Å². The predicted octanol–water partition coefficient (Wildman–Crippen LogP) is 3.43. The highest BCUT2D eigenvalue weighted by Gasteiger charge is 2.19. The molecule has 2 unspecified atom stereocenters. The van der Waals surface area contributed by atoms with Gasteiger partial charge in [0.15, 0.2) is 0 Å². The Morgan fingerprint density at radius 2 is 2.20 bits per heavy atom. The van der Waals surface area contributed by atoms with Crippen LogP contribution in [0.4, 0.5) is 5.69 Å². The molecule has 1 aromatic carbocycles. The van der Waals surface area contributed by atoms with Crippen LogP contribution in [0.25, 0.3) is 0 Å². The number of halogens is 1. The molecule has 0 radical (unpaired) electrons. The van der Waals surface area contributed by atoms with Crippen molar-refractivity contribution in [2.75, 3.05) is 11.9 Å². The molecule has 1 N–H and O–H groups in total. The van der Waals surface area contributed by atoms with Crippen LogP contribution in [-0.4, -0.2) is 18.8 Å². The van der Waals surface area contributed by atoms with E-state index in [2.05, 4.69) is 46.4 Å². The second-order valence-corrected chi connectivity index (χ2v) is 4.88. The molecule has 1 aliphatic rings. The Morgan fingerprint density at radius 1 is 1.40 bits per heavy atom. The highest BCUT2D eigenvalue weighted by molar-refractivity contribution is 9.10. The van der Waals surface area contributed by atoms with Gasteiger partial charge in [-0.1, -0.05) is 12.1 Å². The van der Waals surface area contributed by atoms with E-state index in [0.717, 1.165) is 23.9 Å². The lowest BCUT2D eigenvalue weighted by Crippen LogP contribution is -2.32. The molecule has 1 fully saturated rings. The summed E-state index contributed by atoms with van der Waals surface area (Å²) < 4.78 is 6.65. The minimum atomic E-state index is 0.374. The van der Waals surface area contributed by atoms with Crippen molar-refractivity contribution in [3.05, 3.63) is 28.7 Å². The summed E-state index contributed by atoms with van der Waals surface area (Å²) in [6, 6.07) is 8.78. The lowest BCUT2D eigenvalue weighted by atomic mass is 10.0. The van der Waals surface area contributed by atoms with Gasteiger partial charge in [0.25, 0.3) is 0 Å². The summed E-state index contributed by atoms with van der Waals surface area (Å²) in [6.07, 6.45) is 2.55. The van der Waals surface area contributed by atoms with Crippen molar-refractivity contribution in [1.82, 2.24) is 0 Å². The van der Waals surface area contributed by atoms with Gasteiger partial charge in [-0.05, 0) is 47.8 Å². The molecule has 1 saturated heterocycles. The van der Waals surface area contributed by atoms with E-state index in [1.165, 1.54) is 5.69 Å². The monoisotopic (exact) mass is 269 g/mol. The predicted molar refractivity (Wildman–Crippen MR) is 66.2 cm³/mol. The van der Waals surface area contributed by atoms with Gasteiger partial charge in [0.1, 0.15) is 0 Å². The second kappa shape index (κ2) is 4.99. The Balaban J connectivity index is 1.99. The molecule has 2 nitrogen and oxygen atoms in total. The van der Waals surface area contributed by atoms with Gasteiger partial charge < -0.3 is 10.1 Å². The Bertz CT molecular complexity index is 329. The van der Waals surface area contributed by atoms with Crippen LogP contribution in [0.2, 0.25) is 0 Å². The van der Waals surface area contributed by atoms with Crippen molar-refractivity contribution < 1.29 is 4.74 Å². The number of rotatable bonds is 2. The Morgan fingerprint density at radius 3 is 2.93 bits per heavy atom. The van der Waals surface area contributed by atoms with Crippen LogP contribution in [0, 0.1) is 0 Å². The molecule has 82 valence electrons. The van der Waals surface area contributed by atoms with Crippen molar-refractivity contribution in [2.45, 2.75) is 31.9 Å². The Labute approximate surface area is 99.1 Å². The highest BCUT2D eigenvalue weighted by atomic mass is 79.9. The molecule has 2 rings (SSSR count). The summed E-state index contributed by atoms with van der Waals surface area (Å²) in [5.74, 6) is 0. The van der Waals surface area contributed by atoms with Crippen LogP contribution in [-0.2, 0) is 4.74 Å². The fourth-order valence-electron chi connectivity index (χ4n) is 1.93. The first-order chi connectivity index (χ1) is 7.25. The molecule has 1 aromatic rings. The molecule has 15 heavy (non-hydrogen) atoms. The third kappa shape index (κ3) is 2.95. The fraction of sp³-hybridized carbons (Fsp3) is 0.500. The number of para-hydroxylation sites is 1.